The minimum Gasteiger partial charge on any atom is -0.394 e. The van der Waals surface area contributed by atoms with E-state index >= 15 is 0 Å². The van der Waals surface area contributed by atoms with Gasteiger partial charge >= 0.3 is 0 Å². The summed E-state index contributed by atoms with van der Waals surface area (Å²) in [6.07, 6.45) is -23.7. The summed E-state index contributed by atoms with van der Waals surface area (Å²) in [5.74, 6) is 0. The Bertz CT molecular complexity index is 683. The zero-order valence-corrected chi connectivity index (χ0v) is 20.1. The van der Waals surface area contributed by atoms with E-state index in [1.807, 2.05) is 6.92 Å². The monoisotopic (exact) mass is 546 g/mol. The first-order valence-corrected chi connectivity index (χ1v) is 12.1. The van der Waals surface area contributed by atoms with E-state index in [9.17, 15) is 51.1 Å². The van der Waals surface area contributed by atoms with E-state index in [1.54, 1.807) is 0 Å². The van der Waals surface area contributed by atoms with Gasteiger partial charge < -0.3 is 79.5 Å². The summed E-state index contributed by atoms with van der Waals surface area (Å²) in [7, 11) is 0. The zero-order valence-electron chi connectivity index (χ0n) is 20.1. The Labute approximate surface area is 212 Å². The number of aliphatic hydroxyl groups excluding tert-OH is 10. The first-order valence-electron chi connectivity index (χ1n) is 12.1. The third-order valence-electron chi connectivity index (χ3n) is 6.54. The van der Waals surface area contributed by atoms with Crippen LogP contribution in [0.4, 0.5) is 0 Å². The second kappa shape index (κ2) is 13.6. The number of rotatable bonds is 10. The van der Waals surface area contributed by atoms with Gasteiger partial charge in [0.2, 0.25) is 0 Å². The molecule has 10 N–H and O–H groups in total. The first kappa shape index (κ1) is 30.9. The van der Waals surface area contributed by atoms with Crippen LogP contribution in [0.15, 0.2) is 0 Å². The van der Waals surface area contributed by atoms with Crippen molar-refractivity contribution >= 4 is 0 Å². The third-order valence-corrected chi connectivity index (χ3v) is 6.54. The second-order valence-electron chi connectivity index (χ2n) is 9.23. The van der Waals surface area contributed by atoms with E-state index in [0.29, 0.717) is 13.0 Å². The van der Waals surface area contributed by atoms with Gasteiger partial charge in [-0.2, -0.15) is 0 Å². The molecular weight excluding hydrogens is 508 g/mol. The van der Waals surface area contributed by atoms with Crippen molar-refractivity contribution in [3.8, 4) is 0 Å². The Kier molecular flexibility index (Phi) is 11.4. The summed E-state index contributed by atoms with van der Waals surface area (Å²) >= 11 is 0. The smallest absolute Gasteiger partial charge is 0.187 e. The predicted molar refractivity (Wildman–Crippen MR) is 115 cm³/mol. The summed E-state index contributed by atoms with van der Waals surface area (Å²) in [4.78, 5) is 0. The molecule has 3 saturated heterocycles. The Morgan fingerprint density at radius 3 is 1.65 bits per heavy atom. The molecule has 15 atom stereocenters. The molecule has 0 amide bonds. The van der Waals surface area contributed by atoms with Crippen molar-refractivity contribution in [1.29, 1.82) is 0 Å². The van der Waals surface area contributed by atoms with Gasteiger partial charge in [0, 0.05) is 6.61 Å². The van der Waals surface area contributed by atoms with E-state index in [0.717, 1.165) is 0 Å². The maximum Gasteiger partial charge on any atom is 0.187 e. The van der Waals surface area contributed by atoms with E-state index in [4.69, 9.17) is 28.4 Å². The van der Waals surface area contributed by atoms with E-state index in [-0.39, 0.29) is 6.61 Å². The van der Waals surface area contributed by atoms with Crippen molar-refractivity contribution in [1.82, 2.24) is 0 Å². The molecule has 0 radical (unpaired) electrons. The van der Waals surface area contributed by atoms with Crippen LogP contribution in [0.1, 0.15) is 13.3 Å². The zero-order chi connectivity index (χ0) is 27.4. The first-order chi connectivity index (χ1) is 17.5. The molecule has 0 aromatic rings. The molecule has 0 aromatic carbocycles. The Hall–Kier alpha value is -0.640. The molecule has 3 rings (SSSR count). The number of hydrogen-bond acceptors (Lipinski definition) is 16. The molecule has 3 fully saturated rings. The van der Waals surface area contributed by atoms with Crippen LogP contribution in [-0.4, -0.2) is 170 Å². The molecule has 0 saturated carbocycles. The SMILES string of the molecule is CCCOC[C@H]1OC(O)[C@H](O)[C@@H](O)[C@@H]1O[C@H]1O[C@H](CO)[C@@H](O[C@H]2O[C@H](CO)[C@@H](O)[C@H](O)[C@H]2O)[C@H](O)[C@H]1O. The van der Waals surface area contributed by atoms with Crippen LogP contribution in [0.2, 0.25) is 0 Å². The lowest BCUT2D eigenvalue weighted by Gasteiger charge is -2.47. The summed E-state index contributed by atoms with van der Waals surface area (Å²) in [5, 5.41) is 101. The summed E-state index contributed by atoms with van der Waals surface area (Å²) in [6, 6.07) is 0. The fourth-order valence-electron chi connectivity index (χ4n) is 4.39. The summed E-state index contributed by atoms with van der Waals surface area (Å²) in [6.45, 7) is 0.503. The van der Waals surface area contributed by atoms with Gasteiger partial charge in [-0.05, 0) is 6.42 Å². The summed E-state index contributed by atoms with van der Waals surface area (Å²) in [5.41, 5.74) is 0. The average Bonchev–Trinajstić information content (AvgIpc) is 2.88. The quantitative estimate of drug-likeness (QED) is 0.114. The fraction of sp³-hybridized carbons (Fsp3) is 1.00. The maximum absolute atomic E-state index is 10.7. The van der Waals surface area contributed by atoms with Crippen molar-refractivity contribution in [2.75, 3.05) is 26.4 Å². The number of aliphatic hydroxyl groups is 10. The molecule has 0 aliphatic carbocycles. The van der Waals surface area contributed by atoms with Gasteiger partial charge in [0.05, 0.1) is 19.8 Å². The normalized spacial score (nSPS) is 49.2. The highest BCUT2D eigenvalue weighted by Gasteiger charge is 2.53. The lowest BCUT2D eigenvalue weighted by atomic mass is 9.96. The van der Waals surface area contributed by atoms with E-state index < -0.39 is 105 Å². The minimum absolute atomic E-state index is 0.156. The third kappa shape index (κ3) is 6.75. The standard InChI is InChI=1S/C21H38O16/c1-2-3-32-6-9-18(12(26)14(28)19(31)33-9)37-21-16(30)13(27)17(8(5-23)35-21)36-20-15(29)11(25)10(24)7(4-22)34-20/h7-31H,2-6H2,1H3/t7-,8-,9-,10-,11+,12-,13-,14-,15-,16-,17-,18-,19?,20-,21-/m1/s1. The molecule has 16 heteroatoms. The largest absolute Gasteiger partial charge is 0.394 e. The van der Waals surface area contributed by atoms with Crippen LogP contribution in [0.3, 0.4) is 0 Å². The van der Waals surface area contributed by atoms with Crippen LogP contribution in [0.25, 0.3) is 0 Å². The lowest BCUT2D eigenvalue weighted by Crippen LogP contribution is -2.66. The highest BCUT2D eigenvalue weighted by atomic mass is 16.8. The van der Waals surface area contributed by atoms with Crippen molar-refractivity contribution in [3.05, 3.63) is 0 Å². The fourth-order valence-corrected chi connectivity index (χ4v) is 4.39. The Balaban J connectivity index is 1.72. The molecular formula is C21H38O16. The molecule has 3 heterocycles. The molecule has 0 bridgehead atoms. The van der Waals surface area contributed by atoms with Gasteiger partial charge in [-0.25, -0.2) is 0 Å². The number of hydrogen-bond donors (Lipinski definition) is 10. The molecule has 0 spiro atoms. The molecule has 218 valence electrons. The maximum atomic E-state index is 10.7. The van der Waals surface area contributed by atoms with E-state index in [2.05, 4.69) is 0 Å². The highest BCUT2D eigenvalue weighted by Crippen LogP contribution is 2.32. The molecule has 16 nitrogen and oxygen atoms in total. The van der Waals surface area contributed by atoms with Crippen LogP contribution < -0.4 is 0 Å². The Morgan fingerprint density at radius 2 is 1.08 bits per heavy atom. The van der Waals surface area contributed by atoms with Gasteiger partial charge in [-0.15, -0.1) is 0 Å². The Morgan fingerprint density at radius 1 is 0.568 bits per heavy atom. The van der Waals surface area contributed by atoms with Gasteiger partial charge in [0.25, 0.3) is 0 Å². The molecule has 1 unspecified atom stereocenters. The highest BCUT2D eigenvalue weighted by molar-refractivity contribution is 4.96. The van der Waals surface area contributed by atoms with Crippen molar-refractivity contribution < 1.29 is 79.5 Å². The van der Waals surface area contributed by atoms with Gasteiger partial charge in [-0.3, -0.25) is 0 Å². The minimum atomic E-state index is -1.87. The van der Waals surface area contributed by atoms with Crippen molar-refractivity contribution in [2.24, 2.45) is 0 Å². The average molecular weight is 547 g/mol. The lowest BCUT2D eigenvalue weighted by molar-refractivity contribution is -0.378. The topological polar surface area (TPSA) is 258 Å². The van der Waals surface area contributed by atoms with Gasteiger partial charge in [0.1, 0.15) is 73.2 Å². The van der Waals surface area contributed by atoms with Crippen LogP contribution in [-0.2, 0) is 28.4 Å². The predicted octanol–water partition coefficient (Wildman–Crippen LogP) is -6.14. The van der Waals surface area contributed by atoms with Gasteiger partial charge in [-0.1, -0.05) is 6.92 Å². The molecule has 0 aromatic heterocycles. The van der Waals surface area contributed by atoms with Crippen molar-refractivity contribution in [3.63, 3.8) is 0 Å². The van der Waals surface area contributed by atoms with Crippen LogP contribution in [0, 0.1) is 0 Å². The van der Waals surface area contributed by atoms with Gasteiger partial charge in [0.15, 0.2) is 18.9 Å². The van der Waals surface area contributed by atoms with E-state index in [1.165, 1.54) is 0 Å². The molecule has 37 heavy (non-hydrogen) atoms. The molecule has 3 aliphatic heterocycles. The number of ether oxygens (including phenoxy) is 6. The second-order valence-corrected chi connectivity index (χ2v) is 9.23. The molecule has 3 aliphatic rings. The van der Waals surface area contributed by atoms with Crippen LogP contribution >= 0.6 is 0 Å². The van der Waals surface area contributed by atoms with Crippen LogP contribution in [0.5, 0.6) is 0 Å². The summed E-state index contributed by atoms with van der Waals surface area (Å²) < 4.78 is 32.6. The van der Waals surface area contributed by atoms with Crippen molar-refractivity contribution in [2.45, 2.75) is 105 Å².